The summed E-state index contributed by atoms with van der Waals surface area (Å²) in [5.41, 5.74) is -0.477. The average Bonchev–Trinajstić information content (AvgIpc) is 2.05. The normalized spacial score (nSPS) is 83.3. The van der Waals surface area contributed by atoms with Crippen molar-refractivity contribution in [1.29, 1.82) is 0 Å². The highest BCUT2D eigenvalue weighted by Gasteiger charge is 3.10. The monoisotopic (exact) mass is 150 g/mol. The Kier molecular flexibility index (Phi) is 0.304. The molecule has 4 nitrogen and oxygen atoms in total. The third-order valence-corrected chi connectivity index (χ3v) is 5.13. The third kappa shape index (κ3) is 0.144. The molecule has 6 aliphatic rings. The summed E-state index contributed by atoms with van der Waals surface area (Å²) in [5.74, 6) is 2.72. The Hall–Kier alpha value is -0.640. The van der Waals surface area contributed by atoms with Crippen LogP contribution in [0.15, 0.2) is 0 Å². The van der Waals surface area contributed by atoms with Gasteiger partial charge in [-0.1, -0.05) is 0 Å². The lowest BCUT2D eigenvalue weighted by atomic mass is 9.14. The zero-order valence-corrected chi connectivity index (χ0v) is 5.68. The van der Waals surface area contributed by atoms with Gasteiger partial charge in [0.2, 0.25) is 0 Å². The van der Waals surface area contributed by atoms with Gasteiger partial charge in [0.25, 0.3) is 5.66 Å². The van der Waals surface area contributed by atoms with Gasteiger partial charge < -0.3 is 0 Å². The van der Waals surface area contributed by atoms with Crippen molar-refractivity contribution in [1.82, 2.24) is 4.90 Å². The van der Waals surface area contributed by atoms with Crippen LogP contribution in [0, 0.1) is 33.8 Å². The van der Waals surface area contributed by atoms with E-state index in [0.717, 1.165) is 11.8 Å². The largest absolute Gasteiger partial charge is 0.287 e. The minimum atomic E-state index is -0.477. The molecule has 3 aliphatic carbocycles. The molecule has 0 spiro atoms. The van der Waals surface area contributed by atoms with E-state index >= 15 is 0 Å². The molecule has 6 rings (SSSR count). The summed E-state index contributed by atoms with van der Waals surface area (Å²) in [7, 11) is 0. The molecule has 0 amide bonds. The minimum Gasteiger partial charge on any atom is -0.263 e. The Morgan fingerprint density at radius 2 is 1.91 bits per heavy atom. The molecule has 0 aromatic heterocycles. The molecule has 11 heavy (non-hydrogen) atoms. The van der Waals surface area contributed by atoms with E-state index in [1.807, 2.05) is 0 Å². The van der Waals surface area contributed by atoms with E-state index in [-0.39, 0.29) is 4.92 Å². The van der Waals surface area contributed by atoms with E-state index in [1.54, 1.807) is 0 Å². The Morgan fingerprint density at radius 1 is 1.27 bits per heavy atom. The first-order chi connectivity index (χ1) is 5.31. The smallest absolute Gasteiger partial charge is 0.263 e. The number of hydrogen-bond donors (Lipinski definition) is 0. The van der Waals surface area contributed by atoms with Crippen LogP contribution in [0.3, 0.4) is 0 Å². The van der Waals surface area contributed by atoms with Gasteiger partial charge in [-0.2, -0.15) is 0 Å². The maximum absolute atomic E-state index is 10.7. The van der Waals surface area contributed by atoms with Gasteiger partial charge in [0.05, 0.1) is 11.8 Å². The van der Waals surface area contributed by atoms with E-state index in [4.69, 9.17) is 0 Å². The lowest BCUT2D eigenvalue weighted by molar-refractivity contribution is -0.802. The summed E-state index contributed by atoms with van der Waals surface area (Å²) in [6.07, 6.45) is 0. The number of piperidine rings is 12. The van der Waals surface area contributed by atoms with Crippen LogP contribution in [-0.2, 0) is 0 Å². The zero-order valence-electron chi connectivity index (χ0n) is 5.68. The molecule has 3 saturated carbocycles. The standard InChI is InChI=1S/C7H6N2O2/c10-9(11)7-3-1-2-5(3)8(7)6(2)4(1)7/h1-6H. The summed E-state index contributed by atoms with van der Waals surface area (Å²) >= 11 is 0. The fraction of sp³-hybridized carbons (Fsp3) is 1.00. The molecular weight excluding hydrogens is 144 g/mol. The molecular formula is C7H6N2O2. The molecule has 0 radical (unpaired) electrons. The average molecular weight is 150 g/mol. The minimum absolute atomic E-state index is 0.0127. The van der Waals surface area contributed by atoms with Gasteiger partial charge in [0, 0.05) is 17.0 Å². The molecule has 6 fully saturated rings. The number of nitrogens with zero attached hydrogens (tertiary/aromatic N) is 2. The topological polar surface area (TPSA) is 46.4 Å². The van der Waals surface area contributed by atoms with Crippen molar-refractivity contribution in [2.24, 2.45) is 23.7 Å². The quantitative estimate of drug-likeness (QED) is 0.375. The fourth-order valence-electron chi connectivity index (χ4n) is 4.99. The van der Waals surface area contributed by atoms with E-state index in [2.05, 4.69) is 4.90 Å². The van der Waals surface area contributed by atoms with E-state index < -0.39 is 5.66 Å². The van der Waals surface area contributed by atoms with E-state index in [1.165, 1.54) is 0 Å². The van der Waals surface area contributed by atoms with Crippen LogP contribution in [-0.4, -0.2) is 27.6 Å². The van der Waals surface area contributed by atoms with Crippen LogP contribution >= 0.6 is 0 Å². The van der Waals surface area contributed by atoms with Crippen molar-refractivity contribution in [3.05, 3.63) is 10.1 Å². The Labute approximate surface area is 62.3 Å². The Bertz CT molecular complexity index is 289. The van der Waals surface area contributed by atoms with Gasteiger partial charge in [0.1, 0.15) is 0 Å². The van der Waals surface area contributed by atoms with Gasteiger partial charge in [0.15, 0.2) is 0 Å². The van der Waals surface area contributed by atoms with Crippen molar-refractivity contribution in [3.63, 3.8) is 0 Å². The van der Waals surface area contributed by atoms with Crippen LogP contribution in [0.5, 0.6) is 0 Å². The van der Waals surface area contributed by atoms with Gasteiger partial charge in [-0.15, -0.1) is 0 Å². The molecule has 3 heterocycles. The summed E-state index contributed by atoms with van der Waals surface area (Å²) in [6.45, 7) is 0. The van der Waals surface area contributed by atoms with Crippen molar-refractivity contribution >= 4 is 0 Å². The molecule has 4 heteroatoms. The maximum atomic E-state index is 10.7. The van der Waals surface area contributed by atoms with Gasteiger partial charge in [-0.25, -0.2) is 4.90 Å². The molecule has 3 saturated heterocycles. The van der Waals surface area contributed by atoms with Crippen LogP contribution < -0.4 is 0 Å². The van der Waals surface area contributed by atoms with Crippen molar-refractivity contribution in [2.75, 3.05) is 0 Å². The second-order valence-corrected chi connectivity index (χ2v) is 4.63. The first-order valence-electron chi connectivity index (χ1n) is 4.24. The Morgan fingerprint density at radius 3 is 2.18 bits per heavy atom. The molecule has 4 unspecified atom stereocenters. The second kappa shape index (κ2) is 0.759. The first kappa shape index (κ1) is 4.40. The number of nitro groups is 1. The van der Waals surface area contributed by atoms with Gasteiger partial charge in [-0.05, 0) is 11.8 Å². The summed E-state index contributed by atoms with van der Waals surface area (Å²) in [4.78, 5) is 12.9. The highest BCUT2D eigenvalue weighted by molar-refractivity contribution is 5.52. The van der Waals surface area contributed by atoms with Gasteiger partial charge in [-0.3, -0.25) is 10.1 Å². The van der Waals surface area contributed by atoms with Crippen molar-refractivity contribution in [3.8, 4) is 0 Å². The van der Waals surface area contributed by atoms with Crippen LogP contribution in [0.4, 0.5) is 0 Å². The summed E-state index contributed by atoms with van der Waals surface area (Å²) in [5, 5.41) is 10.7. The first-order valence-corrected chi connectivity index (χ1v) is 4.24. The van der Waals surface area contributed by atoms with Crippen molar-refractivity contribution in [2.45, 2.75) is 17.7 Å². The maximum Gasteiger partial charge on any atom is 0.287 e. The summed E-state index contributed by atoms with van der Waals surface area (Å²) in [6, 6.07) is 1.36. The van der Waals surface area contributed by atoms with E-state index in [9.17, 15) is 10.1 Å². The lowest BCUT2D eigenvalue weighted by Gasteiger charge is -3.02. The Balaban J connectivity index is 1.78. The van der Waals surface area contributed by atoms with E-state index in [0.29, 0.717) is 23.9 Å². The molecule has 0 aromatic rings. The highest BCUT2D eigenvalue weighted by atomic mass is 16.6. The molecule has 3 aliphatic heterocycles. The molecule has 4 atom stereocenters. The van der Waals surface area contributed by atoms with Crippen LogP contribution in [0.25, 0.3) is 0 Å². The SMILES string of the molecule is O=[N+]([O-])C12C3C4C5C3N1C5C42. The predicted molar refractivity (Wildman–Crippen MR) is 33.1 cm³/mol. The molecule has 0 bridgehead atoms. The number of rotatable bonds is 1. The summed E-state index contributed by atoms with van der Waals surface area (Å²) < 4.78 is 0. The van der Waals surface area contributed by atoms with Gasteiger partial charge >= 0.3 is 0 Å². The highest BCUT2D eigenvalue weighted by Crippen LogP contribution is 2.94. The lowest BCUT2D eigenvalue weighted by Crippen LogP contribution is -3.19. The molecule has 0 N–H and O–H groups in total. The predicted octanol–water partition coefficient (Wildman–Crippen LogP) is -0.469. The van der Waals surface area contributed by atoms with Crippen LogP contribution in [0.2, 0.25) is 0 Å². The fourth-order valence-corrected chi connectivity index (χ4v) is 4.99. The molecule has 0 aromatic carbocycles. The van der Waals surface area contributed by atoms with Crippen LogP contribution in [0.1, 0.15) is 0 Å². The second-order valence-electron chi connectivity index (χ2n) is 4.63. The third-order valence-electron chi connectivity index (χ3n) is 5.13. The molecule has 56 valence electrons. The zero-order chi connectivity index (χ0) is 7.12. The van der Waals surface area contributed by atoms with Crippen molar-refractivity contribution < 1.29 is 4.92 Å². The number of hydrogen-bond acceptors (Lipinski definition) is 3.